The van der Waals surface area contributed by atoms with Crippen LogP contribution < -0.4 is 14.8 Å². The fourth-order valence-electron chi connectivity index (χ4n) is 4.68. The van der Waals surface area contributed by atoms with Gasteiger partial charge in [0, 0.05) is 30.8 Å². The van der Waals surface area contributed by atoms with Crippen LogP contribution in [0.15, 0.2) is 54.6 Å². The molecule has 164 valence electrons. The van der Waals surface area contributed by atoms with E-state index in [2.05, 4.69) is 10.1 Å². The Morgan fingerprint density at radius 3 is 2.75 bits per heavy atom. The summed E-state index contributed by atoms with van der Waals surface area (Å²) in [6, 6.07) is 16.1. The maximum absolute atomic E-state index is 13.5. The lowest BCUT2D eigenvalue weighted by atomic mass is 9.99. The van der Waals surface area contributed by atoms with Gasteiger partial charge in [0.25, 0.3) is 5.91 Å². The van der Waals surface area contributed by atoms with Crippen LogP contribution in [0.1, 0.15) is 10.4 Å². The lowest BCUT2D eigenvalue weighted by Gasteiger charge is -2.25. The average Bonchev–Trinajstić information content (AvgIpc) is 3.37. The first-order valence-electron chi connectivity index (χ1n) is 10.5. The van der Waals surface area contributed by atoms with Crippen LogP contribution in [0.4, 0.5) is 8.78 Å². The molecule has 3 aliphatic heterocycles. The van der Waals surface area contributed by atoms with Gasteiger partial charge < -0.3 is 24.4 Å². The SMILES string of the molecule is O=C(c1ccc2cc(-c3cccc4c3OC(F)(F)O4)ccc2c1)N1C[C@@H]2NCCO[C@H]2C1. The molecular formula is C24H20F2N2O4. The Morgan fingerprint density at radius 1 is 1.03 bits per heavy atom. The lowest BCUT2D eigenvalue weighted by Crippen LogP contribution is -2.47. The van der Waals surface area contributed by atoms with E-state index < -0.39 is 6.29 Å². The summed E-state index contributed by atoms with van der Waals surface area (Å²) in [6.07, 6.45) is -3.63. The number of hydrogen-bond acceptors (Lipinski definition) is 5. The fourth-order valence-corrected chi connectivity index (χ4v) is 4.68. The zero-order valence-electron chi connectivity index (χ0n) is 17.0. The highest BCUT2D eigenvalue weighted by molar-refractivity contribution is 5.99. The van der Waals surface area contributed by atoms with Gasteiger partial charge in [0.1, 0.15) is 0 Å². The summed E-state index contributed by atoms with van der Waals surface area (Å²) in [5.74, 6) is 0.0117. The number of rotatable bonds is 2. The van der Waals surface area contributed by atoms with Crippen molar-refractivity contribution < 1.29 is 27.8 Å². The number of amides is 1. The molecule has 6 rings (SSSR count). The third-order valence-corrected chi connectivity index (χ3v) is 6.22. The molecule has 0 spiro atoms. The molecule has 3 aromatic carbocycles. The number of morpholine rings is 1. The van der Waals surface area contributed by atoms with E-state index in [4.69, 9.17) is 9.47 Å². The zero-order valence-corrected chi connectivity index (χ0v) is 17.0. The molecule has 2 saturated heterocycles. The molecule has 2 fully saturated rings. The van der Waals surface area contributed by atoms with Gasteiger partial charge in [-0.15, -0.1) is 8.78 Å². The number of carbonyl (C=O) groups excluding carboxylic acids is 1. The normalized spacial score (nSPS) is 23.4. The number of likely N-dealkylation sites (tertiary alicyclic amines) is 1. The Hall–Kier alpha value is -3.23. The summed E-state index contributed by atoms with van der Waals surface area (Å²) in [7, 11) is 0. The third kappa shape index (κ3) is 3.27. The molecule has 3 aliphatic rings. The van der Waals surface area contributed by atoms with Crippen LogP contribution in [0.2, 0.25) is 0 Å². The van der Waals surface area contributed by atoms with E-state index >= 15 is 0 Å². The van der Waals surface area contributed by atoms with Crippen molar-refractivity contribution in [2.24, 2.45) is 0 Å². The first-order valence-corrected chi connectivity index (χ1v) is 10.5. The molecular weight excluding hydrogens is 418 g/mol. The van der Waals surface area contributed by atoms with Gasteiger partial charge in [0.2, 0.25) is 0 Å². The van der Waals surface area contributed by atoms with Gasteiger partial charge in [-0.1, -0.05) is 30.3 Å². The van der Waals surface area contributed by atoms with E-state index in [9.17, 15) is 13.6 Å². The van der Waals surface area contributed by atoms with Gasteiger partial charge >= 0.3 is 6.29 Å². The second kappa shape index (κ2) is 7.15. The molecule has 0 aromatic heterocycles. The number of ether oxygens (including phenoxy) is 3. The van der Waals surface area contributed by atoms with Crippen LogP contribution in [0, 0.1) is 0 Å². The maximum Gasteiger partial charge on any atom is 0.586 e. The quantitative estimate of drug-likeness (QED) is 0.662. The van der Waals surface area contributed by atoms with Gasteiger partial charge in [-0.3, -0.25) is 4.79 Å². The number of nitrogens with one attached hydrogen (secondary N) is 1. The Labute approximate surface area is 182 Å². The minimum atomic E-state index is -3.67. The standard InChI is InChI=1S/C24H20F2N2O4/c25-24(26)31-20-3-1-2-18(22(20)32-24)16-6-4-15-11-17(7-5-14(15)10-16)23(29)28-12-19-21(13-28)30-9-8-27-19/h1-7,10-11,19,21,27H,8-9,12-13H2/t19-,21-/m0/s1. The number of hydrogen-bond donors (Lipinski definition) is 1. The molecule has 3 heterocycles. The Kier molecular flexibility index (Phi) is 4.34. The molecule has 2 atom stereocenters. The Morgan fingerprint density at radius 2 is 1.88 bits per heavy atom. The molecule has 32 heavy (non-hydrogen) atoms. The van der Waals surface area contributed by atoms with Gasteiger partial charge in [0.15, 0.2) is 11.5 Å². The first kappa shape index (κ1) is 19.5. The van der Waals surface area contributed by atoms with Gasteiger partial charge in [-0.05, 0) is 40.6 Å². The molecule has 0 aliphatic carbocycles. The number of para-hydroxylation sites is 1. The summed E-state index contributed by atoms with van der Waals surface area (Å²) < 4.78 is 42.1. The molecule has 1 amide bonds. The lowest BCUT2D eigenvalue weighted by molar-refractivity contribution is -0.286. The third-order valence-electron chi connectivity index (χ3n) is 6.22. The largest absolute Gasteiger partial charge is 0.586 e. The van der Waals surface area contributed by atoms with Crippen molar-refractivity contribution in [3.05, 3.63) is 60.2 Å². The van der Waals surface area contributed by atoms with Crippen LogP contribution in [-0.4, -0.2) is 55.5 Å². The number of benzene rings is 3. The molecule has 6 nitrogen and oxygen atoms in total. The number of halogens is 2. The number of nitrogens with zero attached hydrogens (tertiary/aromatic N) is 1. The highest BCUT2D eigenvalue weighted by Crippen LogP contribution is 2.47. The monoisotopic (exact) mass is 438 g/mol. The summed E-state index contributed by atoms with van der Waals surface area (Å²) in [6.45, 7) is 2.69. The van der Waals surface area contributed by atoms with E-state index in [1.807, 2.05) is 35.2 Å². The predicted octanol–water partition coefficient (Wildman–Crippen LogP) is 3.64. The first-order chi connectivity index (χ1) is 15.5. The summed E-state index contributed by atoms with van der Waals surface area (Å²) >= 11 is 0. The topological polar surface area (TPSA) is 60.0 Å². The van der Waals surface area contributed by atoms with Crippen molar-refractivity contribution in [3.8, 4) is 22.6 Å². The molecule has 8 heteroatoms. The van der Waals surface area contributed by atoms with E-state index in [1.165, 1.54) is 6.07 Å². The van der Waals surface area contributed by atoms with E-state index in [0.717, 1.165) is 22.9 Å². The number of alkyl halides is 2. The van der Waals surface area contributed by atoms with Crippen molar-refractivity contribution in [2.45, 2.75) is 18.4 Å². The molecule has 0 unspecified atom stereocenters. The van der Waals surface area contributed by atoms with Crippen molar-refractivity contribution in [1.29, 1.82) is 0 Å². The fraction of sp³-hybridized carbons (Fsp3) is 0.292. The molecule has 0 radical (unpaired) electrons. The maximum atomic E-state index is 13.5. The van der Waals surface area contributed by atoms with Gasteiger partial charge in [-0.25, -0.2) is 0 Å². The minimum absolute atomic E-state index is 0.0122. The van der Waals surface area contributed by atoms with Crippen molar-refractivity contribution in [1.82, 2.24) is 10.2 Å². The second-order valence-electron chi connectivity index (χ2n) is 8.26. The van der Waals surface area contributed by atoms with Crippen LogP contribution >= 0.6 is 0 Å². The summed E-state index contributed by atoms with van der Waals surface area (Å²) in [4.78, 5) is 14.9. The summed E-state index contributed by atoms with van der Waals surface area (Å²) in [5, 5.41) is 5.19. The van der Waals surface area contributed by atoms with Gasteiger partial charge in [-0.2, -0.15) is 0 Å². The predicted molar refractivity (Wildman–Crippen MR) is 113 cm³/mol. The molecule has 0 bridgehead atoms. The smallest absolute Gasteiger partial charge is 0.395 e. The van der Waals surface area contributed by atoms with Crippen LogP contribution in [0.25, 0.3) is 21.9 Å². The number of carbonyl (C=O) groups is 1. The Bertz CT molecular complexity index is 1220. The minimum Gasteiger partial charge on any atom is -0.395 e. The number of fused-ring (bicyclic) bond motifs is 3. The van der Waals surface area contributed by atoms with Crippen LogP contribution in [-0.2, 0) is 4.74 Å². The summed E-state index contributed by atoms with van der Waals surface area (Å²) in [5.41, 5.74) is 1.86. The average molecular weight is 438 g/mol. The van der Waals surface area contributed by atoms with Crippen molar-refractivity contribution in [3.63, 3.8) is 0 Å². The zero-order chi connectivity index (χ0) is 21.9. The highest BCUT2D eigenvalue weighted by Gasteiger charge is 2.44. The Balaban J connectivity index is 1.28. The van der Waals surface area contributed by atoms with Crippen molar-refractivity contribution in [2.75, 3.05) is 26.2 Å². The van der Waals surface area contributed by atoms with E-state index in [1.54, 1.807) is 18.2 Å². The van der Waals surface area contributed by atoms with Gasteiger partial charge in [0.05, 0.1) is 18.8 Å². The van der Waals surface area contributed by atoms with E-state index in [-0.39, 0.29) is 29.6 Å². The molecule has 0 saturated carbocycles. The second-order valence-corrected chi connectivity index (χ2v) is 8.26. The van der Waals surface area contributed by atoms with Crippen LogP contribution in [0.3, 0.4) is 0 Å². The van der Waals surface area contributed by atoms with Crippen molar-refractivity contribution >= 4 is 16.7 Å². The van der Waals surface area contributed by atoms with E-state index in [0.29, 0.717) is 30.8 Å². The highest BCUT2D eigenvalue weighted by atomic mass is 19.3. The molecule has 3 aromatic rings. The molecule has 1 N–H and O–H groups in total. The van der Waals surface area contributed by atoms with Crippen LogP contribution in [0.5, 0.6) is 11.5 Å².